The molecule has 1 saturated carbocycles. The van der Waals surface area contributed by atoms with Gasteiger partial charge in [-0.3, -0.25) is 0 Å². The Morgan fingerprint density at radius 2 is 2.19 bits per heavy atom. The highest BCUT2D eigenvalue weighted by atomic mass is 35.5. The van der Waals surface area contributed by atoms with Crippen molar-refractivity contribution in [1.29, 1.82) is 0 Å². The molecule has 0 aliphatic heterocycles. The van der Waals surface area contributed by atoms with Gasteiger partial charge in [-0.05, 0) is 37.0 Å². The average Bonchev–Trinajstić information content (AvgIpc) is 2.86. The van der Waals surface area contributed by atoms with Crippen LogP contribution >= 0.6 is 11.6 Å². The van der Waals surface area contributed by atoms with Gasteiger partial charge in [-0.25, -0.2) is 4.79 Å². The van der Waals surface area contributed by atoms with Gasteiger partial charge in [-0.15, -0.1) is 0 Å². The lowest BCUT2D eigenvalue weighted by Gasteiger charge is -2.25. The summed E-state index contributed by atoms with van der Waals surface area (Å²) in [6, 6.07) is 6.58. The van der Waals surface area contributed by atoms with Gasteiger partial charge in [0.2, 0.25) is 5.76 Å². The van der Waals surface area contributed by atoms with Crippen molar-refractivity contribution in [2.75, 3.05) is 6.61 Å². The average molecular weight is 308 g/mol. The Morgan fingerprint density at radius 1 is 1.38 bits per heavy atom. The van der Waals surface area contributed by atoms with E-state index in [1.165, 1.54) is 25.3 Å². The Balaban J connectivity index is 1.80. The molecule has 1 N–H and O–H groups in total. The summed E-state index contributed by atoms with van der Waals surface area (Å²) in [6.07, 6.45) is 3.68. The molecule has 0 saturated heterocycles. The predicted octanol–water partition coefficient (Wildman–Crippen LogP) is 3.87. The van der Waals surface area contributed by atoms with Crippen LogP contribution in [-0.2, 0) is 0 Å². The van der Waals surface area contributed by atoms with Crippen LogP contribution in [-0.4, -0.2) is 22.8 Å². The molecule has 110 valence electrons. The number of hydrogen-bond donors (Lipinski definition) is 1. The maximum Gasteiger partial charge on any atom is 0.374 e. The van der Waals surface area contributed by atoms with Gasteiger partial charge in [0.25, 0.3) is 0 Å². The van der Waals surface area contributed by atoms with Crippen molar-refractivity contribution in [3.05, 3.63) is 35.0 Å². The SMILES string of the molecule is O=C(O)c1cc(-c2cc(Cl)cc(OCC3CCC3)c2)no1. The van der Waals surface area contributed by atoms with Gasteiger partial charge < -0.3 is 14.4 Å². The number of ether oxygens (including phenoxy) is 1. The standard InChI is InChI=1S/C15H14ClNO4/c16-11-4-10(13-7-14(15(18)19)21-17-13)5-12(6-11)20-8-9-2-1-3-9/h4-7,9H,1-3,8H2,(H,18,19). The van der Waals surface area contributed by atoms with Crippen LogP contribution in [0.3, 0.4) is 0 Å². The molecule has 1 aromatic heterocycles. The van der Waals surface area contributed by atoms with Crippen LogP contribution in [0.25, 0.3) is 11.3 Å². The molecular weight excluding hydrogens is 294 g/mol. The van der Waals surface area contributed by atoms with Crippen LogP contribution in [0.4, 0.5) is 0 Å². The molecule has 6 heteroatoms. The fourth-order valence-electron chi connectivity index (χ4n) is 2.18. The highest BCUT2D eigenvalue weighted by Crippen LogP contribution is 2.31. The number of aromatic carboxylic acids is 1. The molecule has 0 bridgehead atoms. The van der Waals surface area contributed by atoms with E-state index < -0.39 is 5.97 Å². The van der Waals surface area contributed by atoms with E-state index >= 15 is 0 Å². The van der Waals surface area contributed by atoms with Gasteiger partial charge in [0, 0.05) is 16.7 Å². The summed E-state index contributed by atoms with van der Waals surface area (Å²) < 4.78 is 10.5. The van der Waals surface area contributed by atoms with E-state index in [0.717, 1.165) is 0 Å². The molecule has 0 spiro atoms. The Hall–Kier alpha value is -2.01. The first-order valence-corrected chi connectivity index (χ1v) is 7.13. The summed E-state index contributed by atoms with van der Waals surface area (Å²) in [4.78, 5) is 10.8. The molecule has 1 aromatic carbocycles. The molecule has 1 aliphatic rings. The fraction of sp³-hybridized carbons (Fsp3) is 0.333. The van der Waals surface area contributed by atoms with Gasteiger partial charge in [0.15, 0.2) is 0 Å². The second-order valence-corrected chi connectivity index (χ2v) is 5.60. The third kappa shape index (κ3) is 3.19. The lowest BCUT2D eigenvalue weighted by molar-refractivity contribution is 0.0652. The maximum atomic E-state index is 10.8. The van der Waals surface area contributed by atoms with Crippen LogP contribution in [0, 0.1) is 5.92 Å². The number of halogens is 1. The fourth-order valence-corrected chi connectivity index (χ4v) is 2.40. The summed E-state index contributed by atoms with van der Waals surface area (Å²) >= 11 is 6.08. The summed E-state index contributed by atoms with van der Waals surface area (Å²) in [7, 11) is 0. The minimum absolute atomic E-state index is 0.207. The zero-order valence-corrected chi connectivity index (χ0v) is 12.0. The third-order valence-electron chi connectivity index (χ3n) is 3.60. The number of rotatable bonds is 5. The van der Waals surface area contributed by atoms with Crippen molar-refractivity contribution in [3.8, 4) is 17.0 Å². The summed E-state index contributed by atoms with van der Waals surface area (Å²) in [5.41, 5.74) is 1.09. The Labute approximate surface area is 126 Å². The number of benzene rings is 1. The van der Waals surface area contributed by atoms with Crippen LogP contribution in [0.2, 0.25) is 5.02 Å². The molecule has 0 atom stereocenters. The largest absolute Gasteiger partial charge is 0.493 e. The molecule has 0 unspecified atom stereocenters. The van der Waals surface area contributed by atoms with Crippen LogP contribution in [0.15, 0.2) is 28.8 Å². The zero-order chi connectivity index (χ0) is 14.8. The maximum absolute atomic E-state index is 10.8. The molecule has 0 amide bonds. The molecule has 2 aromatic rings. The molecule has 21 heavy (non-hydrogen) atoms. The highest BCUT2D eigenvalue weighted by Gasteiger charge is 2.18. The van der Waals surface area contributed by atoms with E-state index in [4.69, 9.17) is 26.0 Å². The molecule has 3 rings (SSSR count). The lowest BCUT2D eigenvalue weighted by Crippen LogP contribution is -2.19. The van der Waals surface area contributed by atoms with Crippen molar-refractivity contribution in [2.45, 2.75) is 19.3 Å². The van der Waals surface area contributed by atoms with Crippen LogP contribution < -0.4 is 4.74 Å². The van der Waals surface area contributed by atoms with Gasteiger partial charge in [-0.2, -0.15) is 0 Å². The Kier molecular flexibility index (Phi) is 3.84. The van der Waals surface area contributed by atoms with Gasteiger partial charge in [0.05, 0.1) is 6.61 Å². The van der Waals surface area contributed by atoms with Crippen molar-refractivity contribution in [2.24, 2.45) is 5.92 Å². The van der Waals surface area contributed by atoms with E-state index in [1.54, 1.807) is 18.2 Å². The minimum Gasteiger partial charge on any atom is -0.493 e. The Morgan fingerprint density at radius 3 is 2.81 bits per heavy atom. The van der Waals surface area contributed by atoms with Crippen LogP contribution in [0.5, 0.6) is 5.75 Å². The van der Waals surface area contributed by atoms with E-state index in [0.29, 0.717) is 34.6 Å². The van der Waals surface area contributed by atoms with Crippen molar-refractivity contribution in [1.82, 2.24) is 5.16 Å². The number of hydrogen-bond acceptors (Lipinski definition) is 4. The number of nitrogens with zero attached hydrogens (tertiary/aromatic N) is 1. The monoisotopic (exact) mass is 307 g/mol. The highest BCUT2D eigenvalue weighted by molar-refractivity contribution is 6.31. The number of carboxylic acid groups (broad SMARTS) is 1. The van der Waals surface area contributed by atoms with E-state index in [2.05, 4.69) is 5.16 Å². The minimum atomic E-state index is -1.16. The number of aromatic nitrogens is 1. The van der Waals surface area contributed by atoms with Gasteiger partial charge >= 0.3 is 5.97 Å². The van der Waals surface area contributed by atoms with Crippen molar-refractivity contribution < 1.29 is 19.2 Å². The molecule has 5 nitrogen and oxygen atoms in total. The first-order valence-electron chi connectivity index (χ1n) is 6.75. The first-order chi connectivity index (χ1) is 10.1. The first kappa shape index (κ1) is 13.9. The molecule has 1 aliphatic carbocycles. The second-order valence-electron chi connectivity index (χ2n) is 5.17. The Bertz CT molecular complexity index is 663. The number of carboxylic acids is 1. The quantitative estimate of drug-likeness (QED) is 0.907. The van der Waals surface area contributed by atoms with Gasteiger partial charge in [-0.1, -0.05) is 23.2 Å². The summed E-state index contributed by atoms with van der Waals surface area (Å²) in [6.45, 7) is 0.680. The lowest BCUT2D eigenvalue weighted by atomic mass is 9.86. The van der Waals surface area contributed by atoms with Gasteiger partial charge in [0.1, 0.15) is 11.4 Å². The smallest absolute Gasteiger partial charge is 0.374 e. The topological polar surface area (TPSA) is 72.6 Å². The molecule has 0 radical (unpaired) electrons. The van der Waals surface area contributed by atoms with Crippen molar-refractivity contribution >= 4 is 17.6 Å². The molecule has 1 fully saturated rings. The zero-order valence-electron chi connectivity index (χ0n) is 11.2. The van der Waals surface area contributed by atoms with E-state index in [9.17, 15) is 4.79 Å². The summed E-state index contributed by atoms with van der Waals surface area (Å²) in [5.74, 6) is -0.0819. The normalized spacial score (nSPS) is 14.7. The van der Waals surface area contributed by atoms with Crippen LogP contribution in [0.1, 0.15) is 29.8 Å². The van der Waals surface area contributed by atoms with Crippen molar-refractivity contribution in [3.63, 3.8) is 0 Å². The second kappa shape index (κ2) is 5.77. The molecular formula is C15H14ClNO4. The summed E-state index contributed by atoms with van der Waals surface area (Å²) in [5, 5.41) is 13.1. The number of carbonyl (C=O) groups is 1. The third-order valence-corrected chi connectivity index (χ3v) is 3.82. The molecule has 1 heterocycles. The predicted molar refractivity (Wildman–Crippen MR) is 76.7 cm³/mol. The van der Waals surface area contributed by atoms with E-state index in [-0.39, 0.29) is 5.76 Å². The van der Waals surface area contributed by atoms with E-state index in [1.807, 2.05) is 0 Å².